The molecule has 0 saturated heterocycles. The van der Waals surface area contributed by atoms with E-state index in [4.69, 9.17) is 5.11 Å². The molecule has 3 aromatic rings. The van der Waals surface area contributed by atoms with Gasteiger partial charge in [-0.1, -0.05) is 0 Å². The van der Waals surface area contributed by atoms with Crippen molar-refractivity contribution in [2.24, 2.45) is 0 Å². The minimum absolute atomic E-state index is 0. The summed E-state index contributed by atoms with van der Waals surface area (Å²) in [5.41, 5.74) is 1.60. The molecule has 2 heterocycles. The van der Waals surface area contributed by atoms with Crippen LogP contribution >= 0.6 is 12.4 Å². The second-order valence-corrected chi connectivity index (χ2v) is 6.41. The van der Waals surface area contributed by atoms with E-state index in [1.54, 1.807) is 0 Å². The molecule has 0 bridgehead atoms. The number of aliphatic carboxylic acids is 1. The second-order valence-electron chi connectivity index (χ2n) is 6.41. The molecule has 146 valence electrons. The Morgan fingerprint density at radius 3 is 2.68 bits per heavy atom. The van der Waals surface area contributed by atoms with E-state index in [9.17, 15) is 19.1 Å². The monoisotopic (exact) mass is 406 g/mol. The van der Waals surface area contributed by atoms with E-state index in [1.165, 1.54) is 29.0 Å². The summed E-state index contributed by atoms with van der Waals surface area (Å²) in [5, 5.41) is 25.3. The van der Waals surface area contributed by atoms with Crippen LogP contribution in [0.1, 0.15) is 34.7 Å². The first-order valence-corrected chi connectivity index (χ1v) is 8.30. The molecule has 1 amide bonds. The fourth-order valence-electron chi connectivity index (χ4n) is 3.05. The van der Waals surface area contributed by atoms with Crippen LogP contribution in [0, 0.1) is 5.82 Å². The van der Waals surface area contributed by atoms with Gasteiger partial charge in [0.2, 0.25) is 0 Å². The van der Waals surface area contributed by atoms with Crippen LogP contribution in [0.4, 0.5) is 4.39 Å². The molecule has 0 radical (unpaired) electrons. The topological polar surface area (TPSA) is 117 Å². The predicted molar refractivity (Wildman–Crippen MR) is 99.2 cm³/mol. The zero-order chi connectivity index (χ0) is 19.1. The quantitative estimate of drug-likeness (QED) is 0.598. The maximum atomic E-state index is 14.1. The number of nitrogens with one attached hydrogen (secondary N) is 1. The van der Waals surface area contributed by atoms with Gasteiger partial charge < -0.3 is 15.5 Å². The molecule has 0 spiro atoms. The molecular formula is C18H16ClFN4O4. The third-order valence-electron chi connectivity index (χ3n) is 4.42. The maximum Gasteiger partial charge on any atom is 0.322 e. The fraction of sp³-hybridized carbons (Fsp3) is 0.222. The molecule has 1 fully saturated rings. The lowest BCUT2D eigenvalue weighted by atomic mass is 10.0. The number of pyridine rings is 1. The van der Waals surface area contributed by atoms with Crippen molar-refractivity contribution in [2.45, 2.75) is 18.8 Å². The van der Waals surface area contributed by atoms with Crippen molar-refractivity contribution in [3.63, 3.8) is 0 Å². The van der Waals surface area contributed by atoms with Gasteiger partial charge >= 0.3 is 5.97 Å². The number of rotatable bonds is 5. The van der Waals surface area contributed by atoms with Crippen molar-refractivity contribution in [1.29, 1.82) is 0 Å². The number of fused-ring (bicyclic) bond motifs is 1. The molecule has 2 aromatic heterocycles. The number of aromatic nitrogens is 3. The van der Waals surface area contributed by atoms with Crippen LogP contribution < -0.4 is 5.32 Å². The maximum absolute atomic E-state index is 14.1. The number of aromatic hydroxyl groups is 1. The molecule has 28 heavy (non-hydrogen) atoms. The van der Waals surface area contributed by atoms with Crippen LogP contribution in [0.2, 0.25) is 0 Å². The summed E-state index contributed by atoms with van der Waals surface area (Å²) in [7, 11) is 0. The van der Waals surface area contributed by atoms with Crippen LogP contribution in [0.3, 0.4) is 0 Å². The summed E-state index contributed by atoms with van der Waals surface area (Å²) in [6.07, 6.45) is 3.22. The van der Waals surface area contributed by atoms with Gasteiger partial charge in [0, 0.05) is 11.6 Å². The number of amides is 1. The Morgan fingerprint density at radius 2 is 2.00 bits per heavy atom. The van der Waals surface area contributed by atoms with Crippen LogP contribution in [0.25, 0.3) is 16.9 Å². The van der Waals surface area contributed by atoms with Gasteiger partial charge in [0.1, 0.15) is 30.0 Å². The second kappa shape index (κ2) is 7.43. The van der Waals surface area contributed by atoms with Crippen molar-refractivity contribution >= 4 is 29.9 Å². The molecule has 1 aliphatic rings. The van der Waals surface area contributed by atoms with Crippen molar-refractivity contribution in [1.82, 2.24) is 19.9 Å². The first kappa shape index (κ1) is 19.6. The molecule has 4 rings (SSSR count). The first-order valence-electron chi connectivity index (χ1n) is 8.30. The van der Waals surface area contributed by atoms with E-state index in [1.807, 2.05) is 6.07 Å². The van der Waals surface area contributed by atoms with Gasteiger partial charge in [0.15, 0.2) is 5.65 Å². The number of carboxylic acid groups (broad SMARTS) is 1. The SMILES string of the molecule is Cl.O=C(O)CNC(=O)c1c(O)cc(-c2cc(F)cc(C3CC3)c2)n2ncnc12. The molecule has 0 atom stereocenters. The average Bonchev–Trinajstić information content (AvgIpc) is 3.36. The number of benzene rings is 1. The van der Waals surface area contributed by atoms with Crippen molar-refractivity contribution in [2.75, 3.05) is 6.54 Å². The zero-order valence-electron chi connectivity index (χ0n) is 14.4. The Balaban J connectivity index is 0.00000225. The summed E-state index contributed by atoms with van der Waals surface area (Å²) >= 11 is 0. The van der Waals surface area contributed by atoms with Crippen molar-refractivity contribution < 1.29 is 24.2 Å². The number of halogens is 2. The highest BCUT2D eigenvalue weighted by molar-refractivity contribution is 6.04. The minimum atomic E-state index is -1.22. The molecular weight excluding hydrogens is 391 g/mol. The van der Waals surface area contributed by atoms with Gasteiger partial charge in [-0.25, -0.2) is 13.9 Å². The van der Waals surface area contributed by atoms with Gasteiger partial charge in [-0.2, -0.15) is 5.10 Å². The number of carbonyl (C=O) groups is 2. The lowest BCUT2D eigenvalue weighted by Crippen LogP contribution is -2.29. The van der Waals surface area contributed by atoms with Crippen LogP contribution in [0.15, 0.2) is 30.6 Å². The van der Waals surface area contributed by atoms with Crippen LogP contribution in [0.5, 0.6) is 5.75 Å². The van der Waals surface area contributed by atoms with E-state index < -0.39 is 30.0 Å². The lowest BCUT2D eigenvalue weighted by Gasteiger charge is -2.12. The standard InChI is InChI=1S/C18H15FN4O4.ClH/c19-12-4-10(9-1-2-9)3-11(5-12)13-6-14(24)16(17-21-8-22-23(13)17)18(27)20-7-15(25)26;/h3-6,8-9,24H,1-2,7H2,(H,20,27)(H,25,26);1H. The molecule has 1 aliphatic carbocycles. The number of carbonyl (C=O) groups excluding carboxylic acids is 1. The molecule has 1 aromatic carbocycles. The lowest BCUT2D eigenvalue weighted by molar-refractivity contribution is -0.135. The summed E-state index contributed by atoms with van der Waals surface area (Å²) < 4.78 is 15.4. The van der Waals surface area contributed by atoms with E-state index in [0.717, 1.165) is 18.4 Å². The van der Waals surface area contributed by atoms with Gasteiger partial charge in [0.25, 0.3) is 5.91 Å². The minimum Gasteiger partial charge on any atom is -0.507 e. The van der Waals surface area contributed by atoms with Crippen LogP contribution in [-0.4, -0.2) is 43.2 Å². The number of hydrogen-bond acceptors (Lipinski definition) is 5. The Hall–Kier alpha value is -3.20. The highest BCUT2D eigenvalue weighted by Gasteiger charge is 2.26. The van der Waals surface area contributed by atoms with E-state index in [2.05, 4.69) is 15.4 Å². The molecule has 10 heteroatoms. The largest absolute Gasteiger partial charge is 0.507 e. The molecule has 1 saturated carbocycles. The Kier molecular flexibility index (Phi) is 5.19. The predicted octanol–water partition coefficient (Wildman–Crippen LogP) is 2.35. The molecule has 0 unspecified atom stereocenters. The average molecular weight is 407 g/mol. The number of nitrogens with zero attached hydrogens (tertiary/aromatic N) is 3. The number of carboxylic acids is 1. The molecule has 3 N–H and O–H groups in total. The van der Waals surface area contributed by atoms with E-state index >= 15 is 0 Å². The smallest absolute Gasteiger partial charge is 0.322 e. The van der Waals surface area contributed by atoms with Gasteiger partial charge in [-0.15, -0.1) is 12.4 Å². The number of hydrogen-bond donors (Lipinski definition) is 3. The highest BCUT2D eigenvalue weighted by atomic mass is 35.5. The Morgan fingerprint density at radius 1 is 1.25 bits per heavy atom. The Bertz CT molecular complexity index is 1080. The fourth-order valence-corrected chi connectivity index (χ4v) is 3.05. The van der Waals surface area contributed by atoms with Gasteiger partial charge in [-0.3, -0.25) is 9.59 Å². The van der Waals surface area contributed by atoms with Gasteiger partial charge in [-0.05, 0) is 42.5 Å². The van der Waals surface area contributed by atoms with Crippen LogP contribution in [-0.2, 0) is 4.79 Å². The summed E-state index contributed by atoms with van der Waals surface area (Å²) in [6, 6.07) is 5.95. The highest BCUT2D eigenvalue weighted by Crippen LogP contribution is 2.42. The van der Waals surface area contributed by atoms with E-state index in [0.29, 0.717) is 17.2 Å². The zero-order valence-corrected chi connectivity index (χ0v) is 15.2. The van der Waals surface area contributed by atoms with E-state index in [-0.39, 0.29) is 23.6 Å². The normalized spacial score (nSPS) is 13.2. The van der Waals surface area contributed by atoms with Crippen molar-refractivity contribution in [3.8, 4) is 17.0 Å². The molecule has 8 nitrogen and oxygen atoms in total. The summed E-state index contributed by atoms with van der Waals surface area (Å²) in [4.78, 5) is 26.9. The summed E-state index contributed by atoms with van der Waals surface area (Å²) in [5.74, 6) is -2.47. The third-order valence-corrected chi connectivity index (χ3v) is 4.42. The molecule has 0 aliphatic heterocycles. The third kappa shape index (κ3) is 3.61. The first-order chi connectivity index (χ1) is 12.9. The summed E-state index contributed by atoms with van der Waals surface area (Å²) in [6.45, 7) is -0.602. The van der Waals surface area contributed by atoms with Crippen molar-refractivity contribution in [3.05, 3.63) is 47.5 Å². The Labute approximate surface area is 164 Å². The van der Waals surface area contributed by atoms with Gasteiger partial charge in [0.05, 0.1) is 5.69 Å².